The molecule has 2 N–H and O–H groups in total. The Balaban J connectivity index is 2.66. The second kappa shape index (κ2) is 6.54. The van der Waals surface area contributed by atoms with E-state index in [1.54, 1.807) is 23.5 Å². The van der Waals surface area contributed by atoms with Crippen molar-refractivity contribution in [2.75, 3.05) is 23.5 Å². The monoisotopic (exact) mass is 277 g/mol. The van der Waals surface area contributed by atoms with E-state index in [0.29, 0.717) is 12.8 Å². The Morgan fingerprint density at radius 2 is 2.06 bits per heavy atom. The van der Waals surface area contributed by atoms with Gasteiger partial charge in [-0.2, -0.15) is 23.5 Å². The largest absolute Gasteiger partial charge is 0.480 e. The summed E-state index contributed by atoms with van der Waals surface area (Å²) in [6.07, 6.45) is 2.98. The second-order valence-electron chi connectivity index (χ2n) is 4.35. The first kappa shape index (κ1) is 14.7. The van der Waals surface area contributed by atoms with Crippen molar-refractivity contribution in [2.45, 2.75) is 25.3 Å². The predicted octanol–water partition coefficient (Wildman–Crippen LogP) is 1.45. The first-order chi connectivity index (χ1) is 8.02. The molecule has 1 rings (SSSR count). The number of aliphatic carboxylic acids is 1. The van der Waals surface area contributed by atoms with Crippen LogP contribution in [0.25, 0.3) is 0 Å². The highest BCUT2D eigenvalue weighted by Gasteiger charge is 2.41. The fourth-order valence-corrected chi connectivity index (χ4v) is 3.64. The van der Waals surface area contributed by atoms with E-state index >= 15 is 0 Å². The van der Waals surface area contributed by atoms with Crippen LogP contribution in [0.3, 0.4) is 0 Å². The van der Waals surface area contributed by atoms with Gasteiger partial charge in [0.05, 0.1) is 0 Å². The molecule has 0 radical (unpaired) electrons. The van der Waals surface area contributed by atoms with E-state index in [0.717, 1.165) is 17.3 Å². The number of hydrogen-bond acceptors (Lipinski definition) is 4. The molecule has 1 atom stereocenters. The average molecular weight is 277 g/mol. The third kappa shape index (κ3) is 3.81. The first-order valence-electron chi connectivity index (χ1n) is 5.64. The molecular formula is C11H19NO3S2. The van der Waals surface area contributed by atoms with Crippen LogP contribution < -0.4 is 5.32 Å². The van der Waals surface area contributed by atoms with Gasteiger partial charge in [-0.1, -0.05) is 6.92 Å². The Morgan fingerprint density at radius 1 is 1.47 bits per heavy atom. The van der Waals surface area contributed by atoms with Gasteiger partial charge in [-0.05, 0) is 30.6 Å². The van der Waals surface area contributed by atoms with Crippen molar-refractivity contribution in [1.29, 1.82) is 0 Å². The molecule has 0 saturated carbocycles. The standard InChI is InChI=1S/C11H19NO3S2/c1-8(7-16-2)9(13)12-11(10(14)15)3-5-17-6-4-11/h8H,3-7H2,1-2H3,(H,12,13)(H,14,15). The lowest BCUT2D eigenvalue weighted by Crippen LogP contribution is -2.57. The van der Waals surface area contributed by atoms with Crippen molar-refractivity contribution in [3.05, 3.63) is 0 Å². The maximum Gasteiger partial charge on any atom is 0.329 e. The van der Waals surface area contributed by atoms with E-state index in [1.807, 2.05) is 13.2 Å². The lowest BCUT2D eigenvalue weighted by atomic mass is 9.91. The summed E-state index contributed by atoms with van der Waals surface area (Å²) >= 11 is 3.34. The van der Waals surface area contributed by atoms with Gasteiger partial charge in [0.1, 0.15) is 5.54 Å². The number of amides is 1. The zero-order valence-corrected chi connectivity index (χ0v) is 11.8. The average Bonchev–Trinajstić information content (AvgIpc) is 2.30. The number of hydrogen-bond donors (Lipinski definition) is 2. The number of rotatable bonds is 5. The van der Waals surface area contributed by atoms with Crippen LogP contribution in [-0.4, -0.2) is 46.0 Å². The molecule has 98 valence electrons. The summed E-state index contributed by atoms with van der Waals surface area (Å²) in [5, 5.41) is 12.1. The number of nitrogens with one attached hydrogen (secondary N) is 1. The third-order valence-electron chi connectivity index (χ3n) is 2.98. The quantitative estimate of drug-likeness (QED) is 0.796. The van der Waals surface area contributed by atoms with E-state index in [4.69, 9.17) is 0 Å². The lowest BCUT2D eigenvalue weighted by molar-refractivity contribution is -0.148. The summed E-state index contributed by atoms with van der Waals surface area (Å²) in [4.78, 5) is 23.3. The molecule has 1 fully saturated rings. The molecule has 1 aliphatic heterocycles. The van der Waals surface area contributed by atoms with Crippen molar-refractivity contribution in [1.82, 2.24) is 5.32 Å². The number of carbonyl (C=O) groups excluding carboxylic acids is 1. The zero-order valence-electron chi connectivity index (χ0n) is 10.2. The maximum atomic E-state index is 11.9. The molecule has 1 aliphatic rings. The van der Waals surface area contributed by atoms with Crippen LogP contribution in [0.2, 0.25) is 0 Å². The summed E-state index contributed by atoms with van der Waals surface area (Å²) in [6.45, 7) is 1.83. The van der Waals surface area contributed by atoms with Crippen molar-refractivity contribution in [3.63, 3.8) is 0 Å². The van der Waals surface area contributed by atoms with Crippen LogP contribution in [0.15, 0.2) is 0 Å². The lowest BCUT2D eigenvalue weighted by Gasteiger charge is -2.34. The third-order valence-corrected chi connectivity index (χ3v) is 4.80. The summed E-state index contributed by atoms with van der Waals surface area (Å²) in [6, 6.07) is 0. The molecule has 0 aromatic rings. The summed E-state index contributed by atoms with van der Waals surface area (Å²) in [5.41, 5.74) is -1.03. The first-order valence-corrected chi connectivity index (χ1v) is 8.19. The van der Waals surface area contributed by atoms with Gasteiger partial charge < -0.3 is 10.4 Å². The SMILES string of the molecule is CSCC(C)C(=O)NC1(C(=O)O)CCSCC1. The number of thioether (sulfide) groups is 2. The van der Waals surface area contributed by atoms with Crippen LogP contribution in [0.1, 0.15) is 19.8 Å². The smallest absolute Gasteiger partial charge is 0.329 e. The topological polar surface area (TPSA) is 66.4 Å². The van der Waals surface area contributed by atoms with E-state index in [9.17, 15) is 14.7 Å². The van der Waals surface area contributed by atoms with Gasteiger partial charge in [0.2, 0.25) is 5.91 Å². The predicted molar refractivity (Wildman–Crippen MR) is 72.6 cm³/mol. The maximum absolute atomic E-state index is 11.9. The second-order valence-corrected chi connectivity index (χ2v) is 6.48. The van der Waals surface area contributed by atoms with E-state index in [2.05, 4.69) is 5.32 Å². The Kier molecular flexibility index (Phi) is 5.66. The van der Waals surface area contributed by atoms with Gasteiger partial charge >= 0.3 is 5.97 Å². The molecule has 0 aliphatic carbocycles. The molecule has 17 heavy (non-hydrogen) atoms. The highest BCUT2D eigenvalue weighted by molar-refractivity contribution is 7.99. The van der Waals surface area contributed by atoms with Gasteiger partial charge in [-0.3, -0.25) is 4.79 Å². The van der Waals surface area contributed by atoms with Gasteiger partial charge in [0.25, 0.3) is 0 Å². The zero-order chi connectivity index (χ0) is 12.9. The molecular weight excluding hydrogens is 258 g/mol. The fourth-order valence-electron chi connectivity index (χ4n) is 1.80. The Labute approximate surface area is 110 Å². The van der Waals surface area contributed by atoms with Crippen LogP contribution in [0, 0.1) is 5.92 Å². The Bertz CT molecular complexity index is 290. The molecule has 4 nitrogen and oxygen atoms in total. The van der Waals surface area contributed by atoms with Gasteiger partial charge in [0.15, 0.2) is 0 Å². The molecule has 6 heteroatoms. The highest BCUT2D eigenvalue weighted by Crippen LogP contribution is 2.27. The molecule has 0 aromatic carbocycles. The molecule has 0 bridgehead atoms. The minimum atomic E-state index is -1.03. The van der Waals surface area contributed by atoms with Crippen LogP contribution >= 0.6 is 23.5 Å². The minimum Gasteiger partial charge on any atom is -0.480 e. The normalized spacial score (nSPS) is 20.6. The molecule has 0 aromatic heterocycles. The van der Waals surface area contributed by atoms with Gasteiger partial charge in [-0.15, -0.1) is 0 Å². The van der Waals surface area contributed by atoms with Crippen LogP contribution in [0.5, 0.6) is 0 Å². The van der Waals surface area contributed by atoms with E-state index in [-0.39, 0.29) is 11.8 Å². The van der Waals surface area contributed by atoms with Crippen LogP contribution in [0.4, 0.5) is 0 Å². The van der Waals surface area contributed by atoms with Crippen LogP contribution in [-0.2, 0) is 9.59 Å². The fraction of sp³-hybridized carbons (Fsp3) is 0.818. The number of carbonyl (C=O) groups is 2. The molecule has 1 amide bonds. The molecule has 0 spiro atoms. The Morgan fingerprint density at radius 3 is 2.53 bits per heavy atom. The van der Waals surface area contributed by atoms with Gasteiger partial charge in [-0.25, -0.2) is 4.79 Å². The van der Waals surface area contributed by atoms with E-state index < -0.39 is 11.5 Å². The molecule has 1 heterocycles. The number of carboxylic acid groups (broad SMARTS) is 1. The summed E-state index contributed by atoms with van der Waals surface area (Å²) < 4.78 is 0. The highest BCUT2D eigenvalue weighted by atomic mass is 32.2. The van der Waals surface area contributed by atoms with Crippen molar-refractivity contribution in [2.24, 2.45) is 5.92 Å². The summed E-state index contributed by atoms with van der Waals surface area (Å²) in [7, 11) is 0. The van der Waals surface area contributed by atoms with Crippen molar-refractivity contribution < 1.29 is 14.7 Å². The Hall–Kier alpha value is -0.360. The van der Waals surface area contributed by atoms with Crippen molar-refractivity contribution >= 4 is 35.4 Å². The minimum absolute atomic E-state index is 0.143. The van der Waals surface area contributed by atoms with Gasteiger partial charge in [0, 0.05) is 11.7 Å². The van der Waals surface area contributed by atoms with Crippen molar-refractivity contribution in [3.8, 4) is 0 Å². The number of carboxylic acids is 1. The molecule has 1 saturated heterocycles. The van der Waals surface area contributed by atoms with E-state index in [1.165, 1.54) is 0 Å². The molecule has 1 unspecified atom stereocenters. The summed E-state index contributed by atoms with van der Waals surface area (Å²) in [5.74, 6) is 1.12.